The maximum atomic E-state index is 5.91. The largest absolute Gasteiger partial charge is 0.378 e. The van der Waals surface area contributed by atoms with Crippen LogP contribution in [0.1, 0.15) is 0 Å². The zero-order valence-electron chi connectivity index (χ0n) is 9.61. The monoisotopic (exact) mass is 319 g/mol. The third-order valence-corrected chi connectivity index (χ3v) is 3.51. The molecule has 1 aliphatic rings. The molecule has 1 fully saturated rings. The molecule has 0 unspecified atom stereocenters. The van der Waals surface area contributed by atoms with Crippen LogP contribution in [0, 0.1) is 0 Å². The van der Waals surface area contributed by atoms with Gasteiger partial charge in [-0.3, -0.25) is 0 Å². The Morgan fingerprint density at radius 2 is 1.58 bits per heavy atom. The summed E-state index contributed by atoms with van der Waals surface area (Å²) >= 11 is 17.6. The molecule has 3 rings (SSSR count). The van der Waals surface area contributed by atoms with Crippen molar-refractivity contribution in [2.45, 2.75) is 0 Å². The maximum Gasteiger partial charge on any atom is 0.226 e. The lowest BCUT2D eigenvalue weighted by Gasteiger charge is -2.28. The molecule has 2 aromatic heterocycles. The minimum atomic E-state index is 0.0943. The molecule has 1 aliphatic heterocycles. The molecule has 0 N–H and O–H groups in total. The smallest absolute Gasteiger partial charge is 0.226 e. The fourth-order valence-corrected chi connectivity index (χ4v) is 2.27. The number of ether oxygens (including phenoxy) is 1. The molecular formula is C10H8Cl3N5O. The molecule has 19 heavy (non-hydrogen) atoms. The summed E-state index contributed by atoms with van der Waals surface area (Å²) in [6.07, 6.45) is 0. The van der Waals surface area contributed by atoms with E-state index in [1.807, 2.05) is 4.90 Å². The van der Waals surface area contributed by atoms with Gasteiger partial charge in [0.15, 0.2) is 27.3 Å². The molecule has 0 atom stereocenters. The molecule has 0 saturated carbocycles. The van der Waals surface area contributed by atoms with Gasteiger partial charge in [0.25, 0.3) is 0 Å². The van der Waals surface area contributed by atoms with Crippen LogP contribution < -0.4 is 4.90 Å². The summed E-state index contributed by atoms with van der Waals surface area (Å²) in [5, 5.41) is 0.313. The van der Waals surface area contributed by atoms with Crippen LogP contribution in [-0.4, -0.2) is 46.2 Å². The predicted molar refractivity (Wildman–Crippen MR) is 73.2 cm³/mol. The second-order valence-electron chi connectivity index (χ2n) is 3.89. The highest BCUT2D eigenvalue weighted by Gasteiger charge is 2.19. The molecule has 9 heteroatoms. The summed E-state index contributed by atoms with van der Waals surface area (Å²) in [6, 6.07) is 0. The van der Waals surface area contributed by atoms with Gasteiger partial charge in [0.2, 0.25) is 5.28 Å². The first kappa shape index (κ1) is 13.1. The van der Waals surface area contributed by atoms with Crippen molar-refractivity contribution < 1.29 is 4.74 Å². The molecule has 0 radical (unpaired) electrons. The summed E-state index contributed by atoms with van der Waals surface area (Å²) in [6.45, 7) is 2.64. The molecule has 0 spiro atoms. The number of rotatable bonds is 1. The quantitative estimate of drug-likeness (QED) is 0.751. The number of fused-ring (bicyclic) bond motifs is 1. The molecule has 3 heterocycles. The molecule has 2 aromatic rings. The van der Waals surface area contributed by atoms with Crippen LogP contribution >= 0.6 is 34.8 Å². The third kappa shape index (κ3) is 2.53. The Balaban J connectivity index is 2.18. The van der Waals surface area contributed by atoms with Gasteiger partial charge in [-0.15, -0.1) is 0 Å². The lowest BCUT2D eigenvalue weighted by atomic mass is 10.3. The topological polar surface area (TPSA) is 64.0 Å². The first-order valence-corrected chi connectivity index (χ1v) is 6.67. The Bertz CT molecular complexity index is 632. The van der Waals surface area contributed by atoms with E-state index in [0.29, 0.717) is 43.3 Å². The molecule has 0 aromatic carbocycles. The van der Waals surface area contributed by atoms with Crippen molar-refractivity contribution in [3.05, 3.63) is 15.6 Å². The van der Waals surface area contributed by atoms with Gasteiger partial charge < -0.3 is 9.64 Å². The van der Waals surface area contributed by atoms with Crippen LogP contribution in [0.25, 0.3) is 11.2 Å². The summed E-state index contributed by atoms with van der Waals surface area (Å²) in [7, 11) is 0. The molecule has 6 nitrogen and oxygen atoms in total. The van der Waals surface area contributed by atoms with E-state index in [2.05, 4.69) is 19.9 Å². The van der Waals surface area contributed by atoms with E-state index in [4.69, 9.17) is 39.5 Å². The van der Waals surface area contributed by atoms with Crippen molar-refractivity contribution in [2.75, 3.05) is 31.2 Å². The van der Waals surface area contributed by atoms with E-state index < -0.39 is 0 Å². The Morgan fingerprint density at radius 1 is 0.895 bits per heavy atom. The van der Waals surface area contributed by atoms with Gasteiger partial charge in [0, 0.05) is 13.1 Å². The first-order chi connectivity index (χ1) is 9.15. The number of nitrogens with zero attached hydrogens (tertiary/aromatic N) is 5. The zero-order chi connectivity index (χ0) is 13.4. The van der Waals surface area contributed by atoms with Crippen molar-refractivity contribution in [3.63, 3.8) is 0 Å². The summed E-state index contributed by atoms with van der Waals surface area (Å²) < 4.78 is 5.31. The van der Waals surface area contributed by atoms with E-state index in [1.165, 1.54) is 0 Å². The summed E-state index contributed by atoms with van der Waals surface area (Å²) in [4.78, 5) is 18.5. The second kappa shape index (κ2) is 5.20. The molecular weight excluding hydrogens is 313 g/mol. The SMILES string of the molecule is Clc1nc(N2CCOCC2)c2nc(Cl)c(Cl)nc2n1. The van der Waals surface area contributed by atoms with Crippen LogP contribution in [0.3, 0.4) is 0 Å². The van der Waals surface area contributed by atoms with Crippen molar-refractivity contribution in [2.24, 2.45) is 0 Å². The van der Waals surface area contributed by atoms with Crippen molar-refractivity contribution in [1.82, 2.24) is 19.9 Å². The molecule has 0 bridgehead atoms. The van der Waals surface area contributed by atoms with Gasteiger partial charge in [-0.2, -0.15) is 9.97 Å². The normalized spacial score (nSPS) is 16.1. The summed E-state index contributed by atoms with van der Waals surface area (Å²) in [5.41, 5.74) is 0.816. The van der Waals surface area contributed by atoms with E-state index in [9.17, 15) is 0 Å². The highest BCUT2D eigenvalue weighted by molar-refractivity contribution is 6.40. The summed E-state index contributed by atoms with van der Waals surface area (Å²) in [5.74, 6) is 0.601. The van der Waals surface area contributed by atoms with Crippen molar-refractivity contribution in [1.29, 1.82) is 0 Å². The van der Waals surface area contributed by atoms with Crippen LogP contribution in [0.2, 0.25) is 15.6 Å². The average Bonchev–Trinajstić information content (AvgIpc) is 2.41. The number of hydrogen-bond donors (Lipinski definition) is 0. The van der Waals surface area contributed by atoms with Crippen LogP contribution in [0.4, 0.5) is 5.82 Å². The lowest BCUT2D eigenvalue weighted by molar-refractivity contribution is 0.122. The number of hydrogen-bond acceptors (Lipinski definition) is 6. The highest BCUT2D eigenvalue weighted by atomic mass is 35.5. The Kier molecular flexibility index (Phi) is 3.58. The van der Waals surface area contributed by atoms with Crippen LogP contribution in [-0.2, 0) is 4.74 Å². The Hall–Kier alpha value is -0.950. The van der Waals surface area contributed by atoms with Gasteiger partial charge in [0.1, 0.15) is 0 Å². The Morgan fingerprint density at radius 3 is 2.32 bits per heavy atom. The number of aromatic nitrogens is 4. The van der Waals surface area contributed by atoms with Gasteiger partial charge in [0.05, 0.1) is 13.2 Å². The fraction of sp³-hybridized carbons (Fsp3) is 0.400. The minimum absolute atomic E-state index is 0.0943. The highest BCUT2D eigenvalue weighted by Crippen LogP contribution is 2.27. The fourth-order valence-electron chi connectivity index (χ4n) is 1.86. The van der Waals surface area contributed by atoms with Gasteiger partial charge in [-0.1, -0.05) is 23.2 Å². The number of halogens is 3. The van der Waals surface area contributed by atoms with Gasteiger partial charge in [-0.05, 0) is 11.6 Å². The molecule has 0 aliphatic carbocycles. The van der Waals surface area contributed by atoms with Gasteiger partial charge >= 0.3 is 0 Å². The Labute approximate surface area is 123 Å². The standard InChI is InChI=1S/C10H8Cl3N5O/c11-6-7(12)15-8-5(14-6)9(17-10(13)16-8)18-1-3-19-4-2-18/h1-4H2. The second-order valence-corrected chi connectivity index (χ2v) is 4.95. The van der Waals surface area contributed by atoms with E-state index in [1.54, 1.807) is 0 Å². The average molecular weight is 321 g/mol. The van der Waals surface area contributed by atoms with E-state index in [-0.39, 0.29) is 15.6 Å². The first-order valence-electron chi connectivity index (χ1n) is 5.54. The predicted octanol–water partition coefficient (Wildman–Crippen LogP) is 2.22. The van der Waals surface area contributed by atoms with Crippen LogP contribution in [0.5, 0.6) is 0 Å². The lowest BCUT2D eigenvalue weighted by Crippen LogP contribution is -2.37. The zero-order valence-corrected chi connectivity index (χ0v) is 11.9. The maximum absolute atomic E-state index is 5.91. The van der Waals surface area contributed by atoms with Crippen LogP contribution in [0.15, 0.2) is 0 Å². The molecule has 1 saturated heterocycles. The van der Waals surface area contributed by atoms with E-state index in [0.717, 1.165) is 0 Å². The third-order valence-electron chi connectivity index (χ3n) is 2.71. The van der Waals surface area contributed by atoms with Crippen molar-refractivity contribution in [3.8, 4) is 0 Å². The molecule has 0 amide bonds. The molecule has 100 valence electrons. The number of anilines is 1. The van der Waals surface area contributed by atoms with Crippen molar-refractivity contribution >= 4 is 51.8 Å². The van der Waals surface area contributed by atoms with E-state index >= 15 is 0 Å². The number of morpholine rings is 1. The minimum Gasteiger partial charge on any atom is -0.378 e. The van der Waals surface area contributed by atoms with Gasteiger partial charge in [-0.25, -0.2) is 9.97 Å².